The second-order valence-corrected chi connectivity index (χ2v) is 5.07. The molecule has 25 heavy (non-hydrogen) atoms. The van der Waals surface area contributed by atoms with Gasteiger partial charge < -0.3 is 14.8 Å². The summed E-state index contributed by atoms with van der Waals surface area (Å²) >= 11 is 0. The highest BCUT2D eigenvalue weighted by molar-refractivity contribution is 5.91. The second kappa shape index (κ2) is 8.44. The normalized spacial score (nSPS) is 10.3. The summed E-state index contributed by atoms with van der Waals surface area (Å²) in [4.78, 5) is 34.1. The average molecular weight is 339 g/mol. The summed E-state index contributed by atoms with van der Waals surface area (Å²) in [5.74, 6) is -0.766. The van der Waals surface area contributed by atoms with Crippen molar-refractivity contribution >= 4 is 29.6 Å². The van der Waals surface area contributed by atoms with Crippen LogP contribution < -0.4 is 10.1 Å². The third kappa shape index (κ3) is 5.62. The molecule has 0 unspecified atom stereocenters. The molecule has 2 aromatic carbocycles. The summed E-state index contributed by atoms with van der Waals surface area (Å²) in [5, 5.41) is 2.62. The number of rotatable bonds is 5. The summed E-state index contributed by atoms with van der Waals surface area (Å²) < 4.78 is 9.78. The minimum atomic E-state index is -0.538. The molecule has 0 bridgehead atoms. The van der Waals surface area contributed by atoms with Gasteiger partial charge in [-0.25, -0.2) is 9.59 Å². The van der Waals surface area contributed by atoms with Gasteiger partial charge in [0.2, 0.25) is 5.91 Å². The van der Waals surface area contributed by atoms with Gasteiger partial charge in [-0.3, -0.25) is 4.79 Å². The van der Waals surface area contributed by atoms with Crippen LogP contribution in [0.4, 0.5) is 5.69 Å². The van der Waals surface area contributed by atoms with Gasteiger partial charge in [-0.15, -0.1) is 0 Å². The van der Waals surface area contributed by atoms with Crippen molar-refractivity contribution in [3.8, 4) is 5.75 Å². The van der Waals surface area contributed by atoms with Crippen LogP contribution in [0.2, 0.25) is 0 Å². The second-order valence-electron chi connectivity index (χ2n) is 5.07. The van der Waals surface area contributed by atoms with E-state index in [0.29, 0.717) is 17.0 Å². The first kappa shape index (κ1) is 17.9. The van der Waals surface area contributed by atoms with Crippen LogP contribution in [0.3, 0.4) is 0 Å². The monoisotopic (exact) mass is 339 g/mol. The Balaban J connectivity index is 1.94. The summed E-state index contributed by atoms with van der Waals surface area (Å²) in [5.41, 5.74) is 1.79. The van der Waals surface area contributed by atoms with E-state index in [1.54, 1.807) is 54.6 Å². The average Bonchev–Trinajstić information content (AvgIpc) is 2.61. The number of ether oxygens (including phenoxy) is 2. The third-order valence-electron chi connectivity index (χ3n) is 3.14. The molecule has 2 aromatic rings. The summed E-state index contributed by atoms with van der Waals surface area (Å²) in [6.45, 7) is 1.41. The van der Waals surface area contributed by atoms with E-state index in [9.17, 15) is 14.4 Å². The number of esters is 2. The van der Waals surface area contributed by atoms with Gasteiger partial charge in [-0.1, -0.05) is 12.1 Å². The highest BCUT2D eigenvalue weighted by Gasteiger charge is 2.04. The van der Waals surface area contributed by atoms with Gasteiger partial charge in [-0.05, 0) is 48.0 Å². The van der Waals surface area contributed by atoms with Crippen molar-refractivity contribution < 1.29 is 23.9 Å². The quantitative estimate of drug-likeness (QED) is 0.514. The lowest BCUT2D eigenvalue weighted by Crippen LogP contribution is -2.06. The van der Waals surface area contributed by atoms with E-state index in [4.69, 9.17) is 4.74 Å². The maximum Gasteiger partial charge on any atom is 0.337 e. The summed E-state index contributed by atoms with van der Waals surface area (Å²) in [6.07, 6.45) is 2.87. The van der Waals surface area contributed by atoms with Gasteiger partial charge in [-0.2, -0.15) is 0 Å². The Hall–Kier alpha value is -3.41. The zero-order valence-electron chi connectivity index (χ0n) is 13.8. The van der Waals surface area contributed by atoms with Gasteiger partial charge in [0.15, 0.2) is 0 Å². The lowest BCUT2D eigenvalue weighted by Gasteiger charge is -2.04. The molecule has 1 N–H and O–H groups in total. The molecule has 0 saturated carbocycles. The van der Waals surface area contributed by atoms with Crippen LogP contribution in [0.15, 0.2) is 54.6 Å². The van der Waals surface area contributed by atoms with E-state index in [2.05, 4.69) is 10.1 Å². The fraction of sp³-hybridized carbons (Fsp3) is 0.105. The van der Waals surface area contributed by atoms with Crippen molar-refractivity contribution in [2.45, 2.75) is 6.92 Å². The number of nitrogens with one attached hydrogen (secondary N) is 1. The number of carbonyl (C=O) groups is 3. The van der Waals surface area contributed by atoms with Crippen LogP contribution in [0.1, 0.15) is 22.8 Å². The highest BCUT2D eigenvalue weighted by Crippen LogP contribution is 2.16. The van der Waals surface area contributed by atoms with Gasteiger partial charge >= 0.3 is 11.9 Å². The topological polar surface area (TPSA) is 81.7 Å². The first-order chi connectivity index (χ1) is 12.0. The number of hydrogen-bond acceptors (Lipinski definition) is 5. The lowest BCUT2D eigenvalue weighted by molar-refractivity contribution is -0.128. The molecule has 0 radical (unpaired) electrons. The highest BCUT2D eigenvalue weighted by atomic mass is 16.5. The van der Waals surface area contributed by atoms with Crippen LogP contribution in [0.5, 0.6) is 5.75 Å². The van der Waals surface area contributed by atoms with Gasteiger partial charge in [0.05, 0.1) is 12.7 Å². The number of anilines is 1. The number of amides is 1. The molecular weight excluding hydrogens is 322 g/mol. The maximum atomic E-state index is 11.8. The predicted octanol–water partition coefficient (Wildman–Crippen LogP) is 3.05. The molecular formula is C19H17NO5. The fourth-order valence-electron chi connectivity index (χ4n) is 1.97. The SMILES string of the molecule is COC(=O)c1ccc(/C=C/C(=O)Oc2ccc(NC(C)=O)cc2)cc1. The van der Waals surface area contributed by atoms with E-state index < -0.39 is 11.9 Å². The lowest BCUT2D eigenvalue weighted by atomic mass is 10.1. The van der Waals surface area contributed by atoms with E-state index in [0.717, 1.165) is 5.56 Å². The number of benzene rings is 2. The van der Waals surface area contributed by atoms with Crippen LogP contribution in [-0.4, -0.2) is 25.0 Å². The van der Waals surface area contributed by atoms with Gasteiger partial charge in [0, 0.05) is 18.7 Å². The molecule has 0 atom stereocenters. The molecule has 128 valence electrons. The Morgan fingerprint density at radius 3 is 2.16 bits per heavy atom. The Bertz CT molecular complexity index is 792. The van der Waals surface area contributed by atoms with Crippen molar-refractivity contribution in [1.82, 2.24) is 0 Å². The molecule has 6 heteroatoms. The first-order valence-corrected chi connectivity index (χ1v) is 7.44. The smallest absolute Gasteiger partial charge is 0.337 e. The molecule has 0 aliphatic carbocycles. The Labute approximate surface area is 145 Å². The molecule has 0 fully saturated rings. The molecule has 0 aromatic heterocycles. The minimum absolute atomic E-state index is 0.175. The summed E-state index contributed by atoms with van der Waals surface area (Å²) in [7, 11) is 1.31. The van der Waals surface area contributed by atoms with Crippen molar-refractivity contribution in [2.24, 2.45) is 0 Å². The van der Waals surface area contributed by atoms with E-state index in [-0.39, 0.29) is 5.91 Å². The van der Waals surface area contributed by atoms with Crippen molar-refractivity contribution in [3.05, 3.63) is 65.7 Å². The molecule has 6 nitrogen and oxygen atoms in total. The van der Waals surface area contributed by atoms with Gasteiger partial charge in [0.25, 0.3) is 0 Å². The molecule has 0 spiro atoms. The van der Waals surface area contributed by atoms with Crippen LogP contribution in [-0.2, 0) is 14.3 Å². The van der Waals surface area contributed by atoms with Crippen LogP contribution in [0.25, 0.3) is 6.08 Å². The number of methoxy groups -OCH3 is 1. The van der Waals surface area contributed by atoms with Crippen molar-refractivity contribution in [2.75, 3.05) is 12.4 Å². The molecule has 1 amide bonds. The predicted molar refractivity (Wildman–Crippen MR) is 93.2 cm³/mol. The van der Waals surface area contributed by atoms with E-state index in [1.165, 1.54) is 20.1 Å². The van der Waals surface area contributed by atoms with Crippen molar-refractivity contribution in [3.63, 3.8) is 0 Å². The van der Waals surface area contributed by atoms with E-state index >= 15 is 0 Å². The van der Waals surface area contributed by atoms with Gasteiger partial charge in [0.1, 0.15) is 5.75 Å². The zero-order valence-corrected chi connectivity index (χ0v) is 13.8. The minimum Gasteiger partial charge on any atom is -0.465 e. The fourth-order valence-corrected chi connectivity index (χ4v) is 1.97. The zero-order chi connectivity index (χ0) is 18.2. The molecule has 0 aliphatic rings. The summed E-state index contributed by atoms with van der Waals surface area (Å²) in [6, 6.07) is 13.1. The van der Waals surface area contributed by atoms with Crippen molar-refractivity contribution in [1.29, 1.82) is 0 Å². The van der Waals surface area contributed by atoms with E-state index in [1.807, 2.05) is 0 Å². The first-order valence-electron chi connectivity index (χ1n) is 7.44. The Kier molecular flexibility index (Phi) is 6.06. The maximum absolute atomic E-state index is 11.8. The Morgan fingerprint density at radius 2 is 1.60 bits per heavy atom. The van der Waals surface area contributed by atoms with Crippen LogP contribution in [0, 0.1) is 0 Å². The number of carbonyl (C=O) groups excluding carboxylic acids is 3. The number of hydrogen-bond donors (Lipinski definition) is 1. The Morgan fingerprint density at radius 1 is 0.960 bits per heavy atom. The molecule has 0 aliphatic heterocycles. The molecule has 2 rings (SSSR count). The molecule has 0 heterocycles. The standard InChI is InChI=1S/C19H17NO5/c1-13(21)20-16-8-10-17(11-9-16)25-18(22)12-5-14-3-6-15(7-4-14)19(23)24-2/h3-12H,1-2H3,(H,20,21)/b12-5+. The molecule has 0 saturated heterocycles. The largest absolute Gasteiger partial charge is 0.465 e. The van der Waals surface area contributed by atoms with Crippen LogP contribution >= 0.6 is 0 Å². The third-order valence-corrected chi connectivity index (χ3v) is 3.14.